The molecular weight excluding hydrogens is 1440 g/mol. The Labute approximate surface area is 630 Å². The number of alkyl halides is 6. The third-order valence-electron chi connectivity index (χ3n) is 22.6. The third-order valence-corrected chi connectivity index (χ3v) is 22.6. The van der Waals surface area contributed by atoms with Gasteiger partial charge in [-0.3, -0.25) is 57.5 Å². The molecule has 2 saturated carbocycles. The number of hydrogen-bond donors (Lipinski definition) is 3. The number of halogens is 8. The van der Waals surface area contributed by atoms with E-state index >= 15 is 37.5 Å². The van der Waals surface area contributed by atoms with Gasteiger partial charge < -0.3 is 64.8 Å². The third kappa shape index (κ3) is 20.2. The van der Waals surface area contributed by atoms with Gasteiger partial charge in [0.15, 0.2) is 0 Å². The normalized spacial score (nSPS) is 26.7. The number of ether oxygens (including phenoxy) is 1. The SMILES string of the molecule is CCC[C@H]1C(=O)N[C@@H]([C@@H](C)CC)C(=O)N(C)CC(=O)N(C)[C@H]2C/C=C\CCN(C2=O)[C@@H](Cc2ccc(C(F)(F)F)cc2)C(=O)N(C)CC(=O)N[C@@H](CCc2cc(F)c(C(F)(F)F)c(F)c2)C(=O)N2C[C@H](OCC)C[C@H]2C(=O)NC2(CCC2)C(=O)N(C)[C@@H](C2CCCC2)C(=O)N(C)[C@H](C(=O)N2CCCC2)CC(=O)N1C. The fraction of sp³-hybridized carbons (Fsp3) is 0.658. The van der Waals surface area contributed by atoms with E-state index in [0.29, 0.717) is 83.0 Å². The van der Waals surface area contributed by atoms with Gasteiger partial charge in [-0.15, -0.1) is 0 Å². The number of amides is 12. The number of rotatable bonds is 13. The first-order chi connectivity index (χ1) is 51.4. The molecule has 0 aromatic heterocycles. The molecule has 3 saturated heterocycles. The number of hydrogen-bond acceptors (Lipinski definition) is 13. The summed E-state index contributed by atoms with van der Waals surface area (Å²) in [7, 11) is 7.91. The van der Waals surface area contributed by atoms with E-state index in [-0.39, 0.29) is 63.8 Å². The predicted octanol–water partition coefficient (Wildman–Crippen LogP) is 6.03. The summed E-state index contributed by atoms with van der Waals surface area (Å²) in [4.78, 5) is 192. The van der Waals surface area contributed by atoms with E-state index in [1.165, 1.54) is 49.9 Å². The standard InChI is InChI=1S/C76H104F8N12O13/c1-11-22-54-65(100)86-63(45(4)12-2)71(106)89(6)44-61(99)91(8)55-25-15-14-18-36-95(70(55)105)58(39-46-26-29-49(30-27-46)75(79,80)81)68(103)88(5)43-59(97)85-53(31-28-47-37-51(77)62(52(78)38-47)76(82,83)84)67(102)96-42-50(109-13-3)40-56(96)66(101)87-74(32-21-33-74)73(108)93(10)64(48-23-16-17-24-48)72(107)92(9)57(41-60(98)90(54)7)69(104)94-34-19-20-35-94/h14-15,26-27,29-30,37-38,45,48,50,53-58,63-64H,11-13,16-25,28,31-36,39-44H2,1-10H3,(H,85,97)(H,86,100)(H,87,101)/b15-14-/t45-,50+,53-,54-,55-,56-,57-,58-,63-,64-/m0/s1. The maximum Gasteiger partial charge on any atom is 0.422 e. The highest BCUT2D eigenvalue weighted by atomic mass is 19.4. The van der Waals surface area contributed by atoms with Gasteiger partial charge in [-0.1, -0.05) is 70.7 Å². The van der Waals surface area contributed by atoms with Gasteiger partial charge in [0.25, 0.3) is 0 Å². The van der Waals surface area contributed by atoms with Gasteiger partial charge in [0, 0.05) is 87.9 Å². The summed E-state index contributed by atoms with van der Waals surface area (Å²) in [6.45, 7) is 5.37. The highest BCUT2D eigenvalue weighted by molar-refractivity contribution is 6.01. The Balaban J connectivity index is 1.22. The molecule has 3 N–H and O–H groups in total. The van der Waals surface area contributed by atoms with Crippen molar-refractivity contribution in [3.8, 4) is 0 Å². The summed E-state index contributed by atoms with van der Waals surface area (Å²) in [6, 6.07) is -7.16. The van der Waals surface area contributed by atoms with Crippen LogP contribution in [-0.4, -0.2) is 263 Å². The van der Waals surface area contributed by atoms with Crippen LogP contribution in [0.1, 0.15) is 159 Å². The first kappa shape index (κ1) is 85.8. The van der Waals surface area contributed by atoms with Crippen LogP contribution in [-0.2, 0) is 87.5 Å². The van der Waals surface area contributed by atoms with Crippen LogP contribution in [0.2, 0.25) is 0 Å². The van der Waals surface area contributed by atoms with Gasteiger partial charge >= 0.3 is 12.4 Å². The fourth-order valence-corrected chi connectivity index (χ4v) is 15.8. The lowest BCUT2D eigenvalue weighted by Crippen LogP contribution is -2.68. The Morgan fingerprint density at radius 1 is 0.633 bits per heavy atom. The van der Waals surface area contributed by atoms with E-state index in [0.717, 1.165) is 55.8 Å². The average molecular weight is 1550 g/mol. The van der Waals surface area contributed by atoms with Gasteiger partial charge in [0.2, 0.25) is 70.9 Å². The molecule has 0 radical (unpaired) electrons. The van der Waals surface area contributed by atoms with Crippen molar-refractivity contribution in [3.63, 3.8) is 0 Å². The molecule has 2 aliphatic carbocycles. The Morgan fingerprint density at radius 2 is 1.27 bits per heavy atom. The van der Waals surface area contributed by atoms with E-state index in [9.17, 15) is 55.1 Å². The molecule has 8 rings (SSSR count). The highest BCUT2D eigenvalue weighted by Gasteiger charge is 2.54. The summed E-state index contributed by atoms with van der Waals surface area (Å²) < 4.78 is 120. The molecule has 25 nitrogen and oxygen atoms in total. The van der Waals surface area contributed by atoms with E-state index in [1.807, 2.05) is 0 Å². The largest absolute Gasteiger partial charge is 0.422 e. The molecule has 2 bridgehead atoms. The molecule has 33 heteroatoms. The second-order valence-electron chi connectivity index (χ2n) is 30.0. The number of aryl methyl sites for hydroxylation is 1. The molecule has 4 aliphatic heterocycles. The number of likely N-dealkylation sites (tertiary alicyclic amines) is 1. The molecule has 5 fully saturated rings. The molecule has 4 heterocycles. The lowest BCUT2D eigenvalue weighted by Gasteiger charge is -2.46. The van der Waals surface area contributed by atoms with Crippen LogP contribution in [0.3, 0.4) is 0 Å². The van der Waals surface area contributed by atoms with Crippen molar-refractivity contribution >= 4 is 70.9 Å². The minimum absolute atomic E-state index is 0.0435. The van der Waals surface area contributed by atoms with Crippen molar-refractivity contribution < 1.29 is 97.4 Å². The average Bonchev–Trinajstić information content (AvgIpc) is 1.71. The number of benzene rings is 2. The monoisotopic (exact) mass is 1540 g/mol. The number of fused-ring (bicyclic) bond motifs is 3. The molecule has 6 aliphatic rings. The maximum absolute atomic E-state index is 15.6. The van der Waals surface area contributed by atoms with Crippen LogP contribution in [0, 0.1) is 23.5 Å². The Bertz CT molecular complexity index is 3680. The van der Waals surface area contributed by atoms with Crippen molar-refractivity contribution in [2.24, 2.45) is 11.8 Å². The maximum atomic E-state index is 15.6. The lowest BCUT2D eigenvalue weighted by molar-refractivity contribution is -0.158. The Hall–Kier alpha value is -8.78. The zero-order valence-electron chi connectivity index (χ0n) is 63.7. The smallest absolute Gasteiger partial charge is 0.377 e. The second kappa shape index (κ2) is 36.8. The van der Waals surface area contributed by atoms with Crippen molar-refractivity contribution in [1.29, 1.82) is 0 Å². The Kier molecular flexibility index (Phi) is 29.0. The summed E-state index contributed by atoms with van der Waals surface area (Å²) in [5, 5.41) is 8.30. The highest BCUT2D eigenvalue weighted by Crippen LogP contribution is 2.40. The number of likely N-dealkylation sites (N-methyl/N-ethyl adjacent to an activating group) is 6. The van der Waals surface area contributed by atoms with Crippen molar-refractivity contribution in [1.82, 2.24) is 60.0 Å². The first-order valence-electron chi connectivity index (χ1n) is 37.7. The molecule has 109 heavy (non-hydrogen) atoms. The molecule has 2 aromatic rings. The first-order valence-corrected chi connectivity index (χ1v) is 37.7. The van der Waals surface area contributed by atoms with Crippen molar-refractivity contribution in [2.75, 3.05) is 88.2 Å². The van der Waals surface area contributed by atoms with Crippen LogP contribution < -0.4 is 16.0 Å². The Morgan fingerprint density at radius 3 is 1.84 bits per heavy atom. The molecule has 1 spiro atoms. The fourth-order valence-electron chi connectivity index (χ4n) is 15.8. The van der Waals surface area contributed by atoms with E-state index in [1.54, 1.807) is 44.7 Å². The van der Waals surface area contributed by atoms with Crippen molar-refractivity contribution in [2.45, 2.75) is 222 Å². The van der Waals surface area contributed by atoms with Gasteiger partial charge in [-0.2, -0.15) is 26.3 Å². The van der Waals surface area contributed by atoms with Gasteiger partial charge in [0.05, 0.1) is 31.2 Å². The lowest BCUT2D eigenvalue weighted by atomic mass is 9.74. The summed E-state index contributed by atoms with van der Waals surface area (Å²) >= 11 is 0. The molecule has 0 unspecified atom stereocenters. The van der Waals surface area contributed by atoms with Gasteiger partial charge in [-0.05, 0) is 131 Å². The van der Waals surface area contributed by atoms with Crippen LogP contribution in [0.4, 0.5) is 35.1 Å². The molecule has 12 amide bonds. The molecule has 2 aromatic carbocycles. The number of nitrogens with zero attached hydrogens (tertiary/aromatic N) is 9. The zero-order valence-corrected chi connectivity index (χ0v) is 63.7. The molecule has 602 valence electrons. The van der Waals surface area contributed by atoms with Gasteiger partial charge in [0.1, 0.15) is 71.1 Å². The minimum atomic E-state index is -5.46. The number of carbonyl (C=O) groups excluding carboxylic acids is 12. The summed E-state index contributed by atoms with van der Waals surface area (Å²) in [5.41, 5.74) is -5.23. The van der Waals surface area contributed by atoms with E-state index in [4.69, 9.17) is 4.74 Å². The van der Waals surface area contributed by atoms with Crippen LogP contribution in [0.5, 0.6) is 0 Å². The van der Waals surface area contributed by atoms with Crippen LogP contribution in [0.15, 0.2) is 48.6 Å². The summed E-state index contributed by atoms with van der Waals surface area (Å²) in [6.07, 6.45) is -5.63. The van der Waals surface area contributed by atoms with E-state index in [2.05, 4.69) is 16.0 Å². The van der Waals surface area contributed by atoms with E-state index < -0.39 is 222 Å². The number of nitrogens with one attached hydrogen (secondary N) is 3. The summed E-state index contributed by atoms with van der Waals surface area (Å²) in [5.74, 6) is -14.8. The van der Waals surface area contributed by atoms with Crippen LogP contribution in [0.25, 0.3) is 0 Å². The molecule has 10 atom stereocenters. The number of carbonyl (C=O) groups is 12. The van der Waals surface area contributed by atoms with Crippen molar-refractivity contribution in [3.05, 3.63) is 82.4 Å². The van der Waals surface area contributed by atoms with Crippen LogP contribution >= 0.6 is 0 Å². The topological polar surface area (TPSA) is 279 Å². The second-order valence-corrected chi connectivity index (χ2v) is 30.0. The van der Waals surface area contributed by atoms with Gasteiger partial charge in [-0.25, -0.2) is 8.78 Å². The minimum Gasteiger partial charge on any atom is -0.377 e. The quantitative estimate of drug-likeness (QED) is 0.153. The zero-order chi connectivity index (χ0) is 80.3. The molecular formula is C76H104F8N12O13. The predicted molar refractivity (Wildman–Crippen MR) is 381 cm³/mol.